The highest BCUT2D eigenvalue weighted by Crippen LogP contribution is 2.27. The summed E-state index contributed by atoms with van der Waals surface area (Å²) in [5.74, 6) is -0.107. The summed E-state index contributed by atoms with van der Waals surface area (Å²) in [5, 5.41) is 9.94. The summed E-state index contributed by atoms with van der Waals surface area (Å²) in [6, 6.07) is 9.95. The number of hydrogen-bond donors (Lipinski definition) is 2. The van der Waals surface area contributed by atoms with Crippen molar-refractivity contribution in [1.29, 1.82) is 0 Å². The van der Waals surface area contributed by atoms with Gasteiger partial charge in [-0.3, -0.25) is 9.59 Å². The highest BCUT2D eigenvalue weighted by atomic mass is 32.2. The third-order valence-corrected chi connectivity index (χ3v) is 4.76. The van der Waals surface area contributed by atoms with Crippen molar-refractivity contribution in [3.8, 4) is 5.69 Å². The zero-order valence-corrected chi connectivity index (χ0v) is 15.8. The predicted octanol–water partition coefficient (Wildman–Crippen LogP) is 2.22. The number of aryl methyl sites for hydroxylation is 1. The van der Waals surface area contributed by atoms with Gasteiger partial charge < -0.3 is 10.6 Å². The zero-order valence-electron chi connectivity index (χ0n) is 15.0. The minimum absolute atomic E-state index is 0.00118. The molecule has 6 nitrogen and oxygen atoms in total. The second kappa shape index (κ2) is 8.71. The molecule has 2 amide bonds. The van der Waals surface area contributed by atoms with Crippen LogP contribution < -0.4 is 10.6 Å². The fraction of sp³-hybridized carbons (Fsp3) is 0.389. The molecular weight excluding hydrogens is 336 g/mol. The van der Waals surface area contributed by atoms with E-state index in [-0.39, 0.29) is 30.2 Å². The van der Waals surface area contributed by atoms with Gasteiger partial charge in [0.25, 0.3) is 0 Å². The lowest BCUT2D eigenvalue weighted by atomic mass is 10.3. The van der Waals surface area contributed by atoms with Crippen molar-refractivity contribution in [3.63, 3.8) is 0 Å². The van der Waals surface area contributed by atoms with Gasteiger partial charge in [-0.15, -0.1) is 11.8 Å². The number of amides is 2. The number of rotatable bonds is 7. The first-order chi connectivity index (χ1) is 11.9. The third-order valence-electron chi connectivity index (χ3n) is 3.47. The standard InChI is InChI=1S/C18H24N4O2S/c1-12(2)20-16(23)10-19-17(24)11-25-18-13(3)21-22(14(18)4)15-8-6-5-7-9-15/h5-9,12H,10-11H2,1-4H3,(H,19,24)(H,20,23). The van der Waals surface area contributed by atoms with Crippen molar-refractivity contribution in [1.82, 2.24) is 20.4 Å². The molecule has 0 spiro atoms. The second-order valence-corrected chi connectivity index (χ2v) is 7.02. The molecule has 1 heterocycles. The summed E-state index contributed by atoms with van der Waals surface area (Å²) in [4.78, 5) is 24.5. The van der Waals surface area contributed by atoms with E-state index in [1.807, 2.05) is 62.7 Å². The molecule has 0 radical (unpaired) electrons. The SMILES string of the molecule is Cc1nn(-c2ccccc2)c(C)c1SCC(=O)NCC(=O)NC(C)C. The van der Waals surface area contributed by atoms with Crippen molar-refractivity contribution in [2.24, 2.45) is 0 Å². The Labute approximate surface area is 152 Å². The van der Waals surface area contributed by atoms with E-state index in [1.165, 1.54) is 11.8 Å². The van der Waals surface area contributed by atoms with Crippen LogP contribution in [0.3, 0.4) is 0 Å². The van der Waals surface area contributed by atoms with Gasteiger partial charge >= 0.3 is 0 Å². The Morgan fingerprint density at radius 2 is 1.84 bits per heavy atom. The monoisotopic (exact) mass is 360 g/mol. The van der Waals surface area contributed by atoms with Crippen LogP contribution in [0.25, 0.3) is 5.69 Å². The van der Waals surface area contributed by atoms with E-state index < -0.39 is 0 Å². The molecule has 7 heteroatoms. The molecule has 0 saturated carbocycles. The van der Waals surface area contributed by atoms with Crippen LogP contribution in [0.2, 0.25) is 0 Å². The van der Waals surface area contributed by atoms with Gasteiger partial charge in [-0.1, -0.05) is 18.2 Å². The van der Waals surface area contributed by atoms with E-state index in [1.54, 1.807) is 0 Å². The maximum Gasteiger partial charge on any atom is 0.239 e. The van der Waals surface area contributed by atoms with Crippen LogP contribution in [0, 0.1) is 13.8 Å². The number of carbonyl (C=O) groups excluding carboxylic acids is 2. The molecule has 0 aliphatic carbocycles. The molecule has 0 saturated heterocycles. The Kier molecular flexibility index (Phi) is 6.64. The summed E-state index contributed by atoms with van der Waals surface area (Å²) in [6.45, 7) is 7.68. The molecule has 0 unspecified atom stereocenters. The van der Waals surface area contributed by atoms with E-state index in [0.717, 1.165) is 22.0 Å². The topological polar surface area (TPSA) is 76.0 Å². The van der Waals surface area contributed by atoms with Crippen molar-refractivity contribution < 1.29 is 9.59 Å². The Bertz CT molecular complexity index is 741. The average Bonchev–Trinajstić information content (AvgIpc) is 2.85. The Hall–Kier alpha value is -2.28. The number of hydrogen-bond acceptors (Lipinski definition) is 4. The molecule has 1 aromatic heterocycles. The summed E-state index contributed by atoms with van der Waals surface area (Å²) < 4.78 is 1.88. The summed E-state index contributed by atoms with van der Waals surface area (Å²) in [5.41, 5.74) is 2.88. The Morgan fingerprint density at radius 1 is 1.16 bits per heavy atom. The highest BCUT2D eigenvalue weighted by molar-refractivity contribution is 8.00. The second-order valence-electron chi connectivity index (χ2n) is 6.03. The molecule has 0 bridgehead atoms. The Balaban J connectivity index is 1.94. The first kappa shape index (κ1) is 19.1. The van der Waals surface area contributed by atoms with Gasteiger partial charge in [-0.05, 0) is 39.8 Å². The molecule has 0 atom stereocenters. The van der Waals surface area contributed by atoms with E-state index in [2.05, 4.69) is 15.7 Å². The van der Waals surface area contributed by atoms with Crippen molar-refractivity contribution >= 4 is 23.6 Å². The fourth-order valence-corrected chi connectivity index (χ4v) is 3.32. The van der Waals surface area contributed by atoms with E-state index in [9.17, 15) is 9.59 Å². The van der Waals surface area contributed by atoms with Crippen LogP contribution in [0.1, 0.15) is 25.2 Å². The Morgan fingerprint density at radius 3 is 2.48 bits per heavy atom. The molecule has 2 aromatic rings. The number of carbonyl (C=O) groups is 2. The van der Waals surface area contributed by atoms with Gasteiger partial charge in [0, 0.05) is 6.04 Å². The number of nitrogens with zero attached hydrogens (tertiary/aromatic N) is 2. The fourth-order valence-electron chi connectivity index (χ4n) is 2.40. The molecule has 2 rings (SSSR count). The maximum absolute atomic E-state index is 12.0. The molecule has 134 valence electrons. The van der Waals surface area contributed by atoms with Gasteiger partial charge in [0.15, 0.2) is 0 Å². The highest BCUT2D eigenvalue weighted by Gasteiger charge is 2.15. The predicted molar refractivity (Wildman–Crippen MR) is 100 cm³/mol. The zero-order chi connectivity index (χ0) is 18.4. The number of nitrogens with one attached hydrogen (secondary N) is 2. The molecule has 0 aliphatic rings. The van der Waals surface area contributed by atoms with Gasteiger partial charge in [-0.25, -0.2) is 4.68 Å². The molecular formula is C18H24N4O2S. The first-order valence-corrected chi connectivity index (χ1v) is 9.17. The quantitative estimate of drug-likeness (QED) is 0.743. The summed E-state index contributed by atoms with van der Waals surface area (Å²) in [7, 11) is 0. The number of thioether (sulfide) groups is 1. The van der Waals surface area contributed by atoms with E-state index in [4.69, 9.17) is 0 Å². The van der Waals surface area contributed by atoms with Crippen molar-refractivity contribution in [2.75, 3.05) is 12.3 Å². The lowest BCUT2D eigenvalue weighted by Crippen LogP contribution is -2.40. The summed E-state index contributed by atoms with van der Waals surface area (Å²) in [6.07, 6.45) is 0. The average molecular weight is 360 g/mol. The smallest absolute Gasteiger partial charge is 0.239 e. The van der Waals surface area contributed by atoms with Crippen molar-refractivity contribution in [3.05, 3.63) is 41.7 Å². The van der Waals surface area contributed by atoms with E-state index in [0.29, 0.717) is 0 Å². The van der Waals surface area contributed by atoms with Crippen LogP contribution in [0.4, 0.5) is 0 Å². The first-order valence-electron chi connectivity index (χ1n) is 8.19. The van der Waals surface area contributed by atoms with Crippen LogP contribution in [-0.4, -0.2) is 39.9 Å². The van der Waals surface area contributed by atoms with Crippen LogP contribution in [0.15, 0.2) is 35.2 Å². The molecule has 0 fully saturated rings. The van der Waals surface area contributed by atoms with Gasteiger partial charge in [0.1, 0.15) is 0 Å². The third kappa shape index (κ3) is 5.35. The minimum Gasteiger partial charge on any atom is -0.352 e. The van der Waals surface area contributed by atoms with Crippen LogP contribution in [0.5, 0.6) is 0 Å². The minimum atomic E-state index is -0.183. The lowest BCUT2D eigenvalue weighted by molar-refractivity contribution is -0.125. The largest absolute Gasteiger partial charge is 0.352 e. The number of benzene rings is 1. The summed E-state index contributed by atoms with van der Waals surface area (Å²) >= 11 is 1.44. The van der Waals surface area contributed by atoms with E-state index >= 15 is 0 Å². The number of aromatic nitrogens is 2. The molecule has 2 N–H and O–H groups in total. The lowest BCUT2D eigenvalue weighted by Gasteiger charge is -2.09. The van der Waals surface area contributed by atoms with Crippen LogP contribution >= 0.6 is 11.8 Å². The molecule has 25 heavy (non-hydrogen) atoms. The van der Waals surface area contributed by atoms with Gasteiger partial charge in [-0.2, -0.15) is 5.10 Å². The normalized spacial score (nSPS) is 10.8. The van der Waals surface area contributed by atoms with Crippen LogP contribution in [-0.2, 0) is 9.59 Å². The van der Waals surface area contributed by atoms with Crippen molar-refractivity contribution in [2.45, 2.75) is 38.6 Å². The number of para-hydroxylation sites is 1. The molecule has 1 aromatic carbocycles. The van der Waals surface area contributed by atoms with Gasteiger partial charge in [0.2, 0.25) is 11.8 Å². The van der Waals surface area contributed by atoms with Gasteiger partial charge in [0.05, 0.1) is 34.3 Å². The molecule has 0 aliphatic heterocycles. The maximum atomic E-state index is 12.0.